The number of alkyl halides is 3. The molecular weight excluding hydrogens is 358 g/mol. The van der Waals surface area contributed by atoms with Gasteiger partial charge in [0.1, 0.15) is 5.82 Å². The molecule has 3 nitrogen and oxygen atoms in total. The number of nitrogens with zero attached hydrogens (tertiary/aromatic N) is 1. The Kier molecular flexibility index (Phi) is 4.59. The van der Waals surface area contributed by atoms with Crippen LogP contribution in [0.5, 0.6) is 0 Å². The van der Waals surface area contributed by atoms with Gasteiger partial charge in [-0.3, -0.25) is 0 Å². The first-order valence-corrected chi connectivity index (χ1v) is 9.05. The fourth-order valence-electron chi connectivity index (χ4n) is 2.51. The van der Waals surface area contributed by atoms with E-state index in [1.807, 2.05) is 0 Å². The van der Waals surface area contributed by atoms with Crippen molar-refractivity contribution < 1.29 is 26.0 Å². The van der Waals surface area contributed by atoms with Gasteiger partial charge in [0.05, 0.1) is 10.5 Å². The molecule has 0 radical (unpaired) electrons. The predicted molar refractivity (Wildman–Crippen MR) is 83.6 cm³/mol. The molecule has 3 rings (SSSR count). The summed E-state index contributed by atoms with van der Waals surface area (Å²) in [5.41, 5.74) is -0.435. The summed E-state index contributed by atoms with van der Waals surface area (Å²) in [7, 11) is -4.09. The van der Waals surface area contributed by atoms with Gasteiger partial charge in [-0.15, -0.1) is 0 Å². The van der Waals surface area contributed by atoms with E-state index in [9.17, 15) is 26.0 Å². The fourth-order valence-corrected chi connectivity index (χ4v) is 4.23. The van der Waals surface area contributed by atoms with Crippen molar-refractivity contribution in [2.24, 2.45) is 0 Å². The number of hydrogen-bond acceptors (Lipinski definition) is 2. The molecule has 0 spiro atoms. The summed E-state index contributed by atoms with van der Waals surface area (Å²) < 4.78 is 78.5. The number of sulfonamides is 1. The Balaban J connectivity index is 1.94. The average Bonchev–Trinajstić information content (AvgIpc) is 3.38. The Hall–Kier alpha value is -1.93. The van der Waals surface area contributed by atoms with Gasteiger partial charge >= 0.3 is 6.18 Å². The van der Waals surface area contributed by atoms with Gasteiger partial charge in [-0.25, -0.2) is 12.8 Å². The van der Waals surface area contributed by atoms with E-state index < -0.39 is 32.5 Å². The van der Waals surface area contributed by atoms with Crippen LogP contribution in [-0.4, -0.2) is 18.8 Å². The maximum atomic E-state index is 13.0. The van der Waals surface area contributed by atoms with Crippen LogP contribution in [0.1, 0.15) is 24.0 Å². The van der Waals surface area contributed by atoms with Crippen LogP contribution in [0.15, 0.2) is 53.4 Å². The second kappa shape index (κ2) is 6.42. The first-order valence-electron chi connectivity index (χ1n) is 7.61. The number of hydrogen-bond donors (Lipinski definition) is 0. The first-order chi connectivity index (χ1) is 11.7. The smallest absolute Gasteiger partial charge is 0.207 e. The van der Waals surface area contributed by atoms with E-state index in [1.54, 1.807) is 0 Å². The van der Waals surface area contributed by atoms with Gasteiger partial charge in [0.25, 0.3) is 0 Å². The summed E-state index contributed by atoms with van der Waals surface area (Å²) in [6.45, 7) is -0.0104. The lowest BCUT2D eigenvalue weighted by Crippen LogP contribution is -2.32. The van der Waals surface area contributed by atoms with Crippen LogP contribution in [0.4, 0.5) is 17.6 Å². The Bertz CT molecular complexity index is 859. The third kappa shape index (κ3) is 4.01. The molecule has 0 N–H and O–H groups in total. The molecule has 1 aliphatic carbocycles. The van der Waals surface area contributed by atoms with Crippen molar-refractivity contribution >= 4 is 10.0 Å². The zero-order valence-electron chi connectivity index (χ0n) is 13.0. The second-order valence-corrected chi connectivity index (χ2v) is 7.82. The molecule has 0 unspecified atom stereocenters. The Morgan fingerprint density at radius 3 is 2.24 bits per heavy atom. The minimum absolute atomic E-state index is 0.0104. The van der Waals surface area contributed by atoms with Crippen LogP contribution in [0.2, 0.25) is 0 Å². The molecule has 8 heteroatoms. The highest BCUT2D eigenvalue weighted by atomic mass is 32.2. The Labute approximate surface area is 142 Å². The maximum absolute atomic E-state index is 13.0. The van der Waals surface area contributed by atoms with Crippen molar-refractivity contribution in [2.75, 3.05) is 0 Å². The third-order valence-corrected chi connectivity index (χ3v) is 5.87. The zero-order chi connectivity index (χ0) is 18.2. The van der Waals surface area contributed by atoms with E-state index in [0.29, 0.717) is 24.5 Å². The van der Waals surface area contributed by atoms with Gasteiger partial charge in [0, 0.05) is 12.6 Å². The lowest BCUT2D eigenvalue weighted by Gasteiger charge is -2.22. The number of halogens is 4. The number of rotatable bonds is 5. The van der Waals surface area contributed by atoms with Crippen LogP contribution in [0.25, 0.3) is 0 Å². The van der Waals surface area contributed by atoms with Crippen LogP contribution < -0.4 is 0 Å². The molecule has 0 aliphatic heterocycles. The standard InChI is InChI=1S/C17H15F4NO2S/c18-14-6-4-12(5-7-14)11-22(15-8-9-15)25(23,24)16-3-1-2-13(10-16)17(19,20)21/h1-7,10,15H,8-9,11H2. The van der Waals surface area contributed by atoms with Gasteiger partial charge in [0.2, 0.25) is 10.0 Å². The third-order valence-electron chi connectivity index (χ3n) is 3.97. The summed E-state index contributed by atoms with van der Waals surface area (Å²) in [5.74, 6) is -0.442. The minimum Gasteiger partial charge on any atom is -0.207 e. The highest BCUT2D eigenvalue weighted by Crippen LogP contribution is 2.35. The van der Waals surface area contributed by atoms with Crippen molar-refractivity contribution in [1.82, 2.24) is 4.31 Å². The SMILES string of the molecule is O=S(=O)(c1cccc(C(F)(F)F)c1)N(Cc1ccc(F)cc1)C1CC1. The van der Waals surface area contributed by atoms with Gasteiger partial charge in [-0.05, 0) is 48.7 Å². The quantitative estimate of drug-likeness (QED) is 0.737. The summed E-state index contributed by atoms with van der Waals surface area (Å²) in [4.78, 5) is -0.392. The zero-order valence-corrected chi connectivity index (χ0v) is 13.8. The van der Waals surface area contributed by atoms with E-state index in [2.05, 4.69) is 0 Å². The molecule has 0 bridgehead atoms. The van der Waals surface area contributed by atoms with E-state index in [0.717, 1.165) is 18.2 Å². The van der Waals surface area contributed by atoms with Crippen LogP contribution in [-0.2, 0) is 22.7 Å². The van der Waals surface area contributed by atoms with Crippen molar-refractivity contribution in [2.45, 2.75) is 36.5 Å². The molecule has 2 aromatic rings. The molecule has 1 saturated carbocycles. The summed E-state index contributed by atoms with van der Waals surface area (Å²) in [6.07, 6.45) is -3.31. The molecule has 0 atom stereocenters. The fraction of sp³-hybridized carbons (Fsp3) is 0.294. The summed E-state index contributed by atoms with van der Waals surface area (Å²) in [5, 5.41) is 0. The van der Waals surface area contributed by atoms with Crippen molar-refractivity contribution in [3.05, 3.63) is 65.5 Å². The predicted octanol–water partition coefficient (Wildman–Crippen LogP) is 4.20. The van der Waals surface area contributed by atoms with Crippen molar-refractivity contribution in [3.63, 3.8) is 0 Å². The molecular formula is C17H15F4NO2S. The van der Waals surface area contributed by atoms with Crippen LogP contribution >= 0.6 is 0 Å². The van der Waals surface area contributed by atoms with Gasteiger partial charge in [-0.1, -0.05) is 18.2 Å². The van der Waals surface area contributed by atoms with Crippen LogP contribution in [0, 0.1) is 5.82 Å². The number of benzene rings is 2. The topological polar surface area (TPSA) is 37.4 Å². The maximum Gasteiger partial charge on any atom is 0.416 e. The molecule has 0 amide bonds. The van der Waals surface area contributed by atoms with Crippen molar-refractivity contribution in [1.29, 1.82) is 0 Å². The molecule has 1 fully saturated rings. The molecule has 0 heterocycles. The second-order valence-electron chi connectivity index (χ2n) is 5.93. The van der Waals surface area contributed by atoms with E-state index in [1.165, 1.54) is 28.6 Å². The summed E-state index contributed by atoms with van der Waals surface area (Å²) in [6, 6.07) is 8.84. The molecule has 0 saturated heterocycles. The molecule has 2 aromatic carbocycles. The average molecular weight is 373 g/mol. The first kappa shape index (κ1) is 17.9. The minimum atomic E-state index is -4.62. The Morgan fingerprint density at radius 2 is 1.68 bits per heavy atom. The monoisotopic (exact) mass is 373 g/mol. The van der Waals surface area contributed by atoms with Crippen LogP contribution in [0.3, 0.4) is 0 Å². The molecule has 1 aliphatic rings. The lowest BCUT2D eigenvalue weighted by molar-refractivity contribution is -0.137. The van der Waals surface area contributed by atoms with Gasteiger partial charge in [-0.2, -0.15) is 17.5 Å². The summed E-state index contributed by atoms with van der Waals surface area (Å²) >= 11 is 0. The highest BCUT2D eigenvalue weighted by Gasteiger charge is 2.39. The normalized spacial score (nSPS) is 15.6. The lowest BCUT2D eigenvalue weighted by atomic mass is 10.2. The molecule has 0 aromatic heterocycles. The molecule has 134 valence electrons. The van der Waals surface area contributed by atoms with E-state index in [4.69, 9.17) is 0 Å². The van der Waals surface area contributed by atoms with Gasteiger partial charge in [0.15, 0.2) is 0 Å². The molecule has 25 heavy (non-hydrogen) atoms. The highest BCUT2D eigenvalue weighted by molar-refractivity contribution is 7.89. The van der Waals surface area contributed by atoms with Crippen molar-refractivity contribution in [3.8, 4) is 0 Å². The largest absolute Gasteiger partial charge is 0.416 e. The Morgan fingerprint density at radius 1 is 1.04 bits per heavy atom. The van der Waals surface area contributed by atoms with E-state index in [-0.39, 0.29) is 12.6 Å². The van der Waals surface area contributed by atoms with Gasteiger partial charge < -0.3 is 0 Å². The van der Waals surface area contributed by atoms with E-state index >= 15 is 0 Å².